The number of aromatic nitrogens is 1. The first kappa shape index (κ1) is 30.8. The quantitative estimate of drug-likeness (QED) is 0.336. The van der Waals surface area contributed by atoms with Gasteiger partial charge >= 0.3 is 0 Å². The molecule has 0 saturated heterocycles. The molecule has 2 fully saturated rings. The Kier molecular flexibility index (Phi) is 6.13. The number of ketones is 1. The summed E-state index contributed by atoms with van der Waals surface area (Å²) in [4.78, 5) is 14.8. The summed E-state index contributed by atoms with van der Waals surface area (Å²) in [7, 11) is 0. The van der Waals surface area contributed by atoms with Crippen LogP contribution in [0.2, 0.25) is 0 Å². The minimum atomic E-state index is -0.816. The topological polar surface area (TPSA) is 71.7 Å². The van der Waals surface area contributed by atoms with E-state index in [1.54, 1.807) is 0 Å². The molecule has 0 amide bonds. The average Bonchev–Trinajstić information content (AvgIpc) is 3.62. The fourth-order valence-corrected chi connectivity index (χ4v) is 12.5. The Hall–Kier alpha value is -2.47. The van der Waals surface area contributed by atoms with Crippen molar-refractivity contribution in [1.82, 2.24) is 4.57 Å². The van der Waals surface area contributed by atoms with Crippen molar-refractivity contribution in [3.05, 3.63) is 64.4 Å². The number of fused-ring (bicyclic) bond motifs is 11. The van der Waals surface area contributed by atoms with Crippen LogP contribution in [-0.4, -0.2) is 37.9 Å². The Balaban J connectivity index is 1.41. The number of benzene rings is 1. The molecule has 3 heterocycles. The molecule has 246 valence electrons. The van der Waals surface area contributed by atoms with Crippen LogP contribution in [0.25, 0.3) is 16.5 Å². The van der Waals surface area contributed by atoms with Crippen molar-refractivity contribution in [2.75, 3.05) is 0 Å². The van der Waals surface area contributed by atoms with Crippen molar-refractivity contribution in [3.63, 3.8) is 0 Å². The number of hydrogen-bond acceptors (Lipinski definition) is 4. The van der Waals surface area contributed by atoms with Crippen LogP contribution < -0.4 is 0 Å². The molecule has 5 nitrogen and oxygen atoms in total. The second kappa shape index (κ2) is 9.15. The number of ether oxygens (including phenoxy) is 1. The number of carbonyl (C=O) groups excluding carboxylic acids is 1. The predicted octanol–water partition coefficient (Wildman–Crippen LogP) is 8.56. The molecule has 2 aliphatic heterocycles. The molecule has 5 heteroatoms. The summed E-state index contributed by atoms with van der Waals surface area (Å²) in [6.45, 7) is 24.2. The minimum absolute atomic E-state index is 0.0584. The van der Waals surface area contributed by atoms with E-state index in [-0.39, 0.29) is 34.1 Å². The SMILES string of the molecule is C=C(C)[C@H]1C(=O)c2c3c(cc4c5c(n1c24)[C@@]1(C)C(CC[C@H]2[C@](C)(C=CCC)[C@@H](O)CC[C@@]21C)C5)C1=CC(C)(C)OC(C)(C)C1[C@@H]3O. The van der Waals surface area contributed by atoms with Crippen LogP contribution >= 0.6 is 0 Å². The first-order valence-electron chi connectivity index (χ1n) is 17.9. The smallest absolute Gasteiger partial charge is 0.192 e. The highest BCUT2D eigenvalue weighted by molar-refractivity contribution is 6.18. The van der Waals surface area contributed by atoms with Crippen LogP contribution in [-0.2, 0) is 16.6 Å². The number of aliphatic hydroxyl groups is 2. The zero-order valence-corrected chi connectivity index (χ0v) is 29.4. The maximum Gasteiger partial charge on any atom is 0.192 e. The lowest BCUT2D eigenvalue weighted by Crippen LogP contribution is -2.62. The monoisotopic (exact) mass is 623 g/mol. The van der Waals surface area contributed by atoms with Gasteiger partial charge in [0, 0.05) is 33.4 Å². The molecular weight excluding hydrogens is 570 g/mol. The molecule has 0 bridgehead atoms. The summed E-state index contributed by atoms with van der Waals surface area (Å²) >= 11 is 0. The van der Waals surface area contributed by atoms with Gasteiger partial charge in [-0.25, -0.2) is 0 Å². The number of Topliss-reactive ketones (excluding diaryl/α,β-unsaturated/α-hetero) is 1. The molecule has 46 heavy (non-hydrogen) atoms. The summed E-state index contributed by atoms with van der Waals surface area (Å²) in [6, 6.07) is 1.86. The molecule has 2 saturated carbocycles. The van der Waals surface area contributed by atoms with Crippen molar-refractivity contribution >= 4 is 22.3 Å². The second-order valence-corrected chi connectivity index (χ2v) is 17.6. The first-order valence-corrected chi connectivity index (χ1v) is 17.9. The van der Waals surface area contributed by atoms with Crippen molar-refractivity contribution in [3.8, 4) is 0 Å². The van der Waals surface area contributed by atoms with E-state index in [1.165, 1.54) is 16.6 Å². The van der Waals surface area contributed by atoms with Crippen LogP contribution in [0.4, 0.5) is 0 Å². The summed E-state index contributed by atoms with van der Waals surface area (Å²) in [6.07, 6.45) is 11.5. The summed E-state index contributed by atoms with van der Waals surface area (Å²) in [5.74, 6) is 0.633. The highest BCUT2D eigenvalue weighted by atomic mass is 16.5. The number of allylic oxidation sites excluding steroid dienone is 2. The van der Waals surface area contributed by atoms with Gasteiger partial charge in [0.25, 0.3) is 0 Å². The van der Waals surface area contributed by atoms with Gasteiger partial charge in [-0.05, 0) is 119 Å². The third kappa shape index (κ3) is 3.41. The Bertz CT molecular complexity index is 1800. The van der Waals surface area contributed by atoms with Gasteiger partial charge in [0.15, 0.2) is 5.78 Å². The Morgan fingerprint density at radius 2 is 1.83 bits per heavy atom. The van der Waals surface area contributed by atoms with Gasteiger partial charge in [0.05, 0.1) is 34.5 Å². The first-order chi connectivity index (χ1) is 21.4. The standard InChI is InChI=1S/C41H53NO4/c1-11-12-16-39(8)27-14-13-22-18-25-24-19-23-26-20-37(4,5)46-38(6,7)31(26)34(44)29(23)30-33(24)42(32(21(2)3)35(30)45)36(25)41(22,10)40(27,9)17-15-28(39)43/h12,16,19-20,22,27-28,31-32,34,43-44H,2,11,13-15,17-18H2,1,3-10H3/t22?,27-,28-,31?,32-,34+,39-,40-,41+/m0/s1. The van der Waals surface area contributed by atoms with Crippen molar-refractivity contribution < 1.29 is 19.7 Å². The largest absolute Gasteiger partial charge is 0.392 e. The zero-order valence-electron chi connectivity index (χ0n) is 29.4. The van der Waals surface area contributed by atoms with E-state index in [2.05, 4.69) is 90.8 Å². The molecule has 2 aromatic rings. The van der Waals surface area contributed by atoms with Gasteiger partial charge < -0.3 is 19.5 Å². The molecule has 2 unspecified atom stereocenters. The second-order valence-electron chi connectivity index (χ2n) is 17.6. The van der Waals surface area contributed by atoms with E-state index in [1.807, 2.05) is 6.92 Å². The Labute approximate surface area is 274 Å². The highest BCUT2D eigenvalue weighted by Crippen LogP contribution is 2.71. The average molecular weight is 624 g/mol. The highest BCUT2D eigenvalue weighted by Gasteiger charge is 2.67. The van der Waals surface area contributed by atoms with E-state index in [0.717, 1.165) is 66.3 Å². The zero-order chi connectivity index (χ0) is 33.1. The summed E-state index contributed by atoms with van der Waals surface area (Å²) in [5, 5.41) is 24.8. The van der Waals surface area contributed by atoms with Crippen LogP contribution in [0, 0.1) is 28.6 Å². The van der Waals surface area contributed by atoms with E-state index in [4.69, 9.17) is 4.74 Å². The van der Waals surface area contributed by atoms with Gasteiger partial charge in [-0.1, -0.05) is 52.0 Å². The summed E-state index contributed by atoms with van der Waals surface area (Å²) in [5.41, 5.74) is 6.62. The molecule has 2 N–H and O–H groups in total. The van der Waals surface area contributed by atoms with E-state index < -0.39 is 23.3 Å². The lowest BCUT2D eigenvalue weighted by Gasteiger charge is -2.64. The van der Waals surface area contributed by atoms with Crippen LogP contribution in [0.1, 0.15) is 139 Å². The number of rotatable bonds is 3. The van der Waals surface area contributed by atoms with Gasteiger partial charge in [-0.2, -0.15) is 0 Å². The minimum Gasteiger partial charge on any atom is -0.392 e. The normalized spacial score (nSPS) is 41.3. The van der Waals surface area contributed by atoms with Crippen LogP contribution in [0.5, 0.6) is 0 Å². The Morgan fingerprint density at radius 1 is 1.11 bits per heavy atom. The third-order valence-corrected chi connectivity index (χ3v) is 14.3. The van der Waals surface area contributed by atoms with Crippen molar-refractivity contribution in [2.45, 2.75) is 136 Å². The summed E-state index contributed by atoms with van der Waals surface area (Å²) < 4.78 is 8.93. The Morgan fingerprint density at radius 3 is 2.50 bits per heavy atom. The van der Waals surface area contributed by atoms with Gasteiger partial charge in [0.1, 0.15) is 6.04 Å². The predicted molar refractivity (Wildman–Crippen MR) is 184 cm³/mol. The van der Waals surface area contributed by atoms with Crippen molar-refractivity contribution in [1.29, 1.82) is 0 Å². The van der Waals surface area contributed by atoms with Gasteiger partial charge in [0.2, 0.25) is 0 Å². The molecule has 0 spiro atoms. The molecule has 6 aliphatic rings. The number of aliphatic hydroxyl groups excluding tert-OH is 2. The lowest BCUT2D eigenvalue weighted by molar-refractivity contribution is -0.145. The molecular formula is C41H53NO4. The number of hydrogen-bond donors (Lipinski definition) is 2. The fraction of sp³-hybridized carbons (Fsp3) is 0.634. The maximum absolute atomic E-state index is 14.8. The molecule has 8 rings (SSSR count). The van der Waals surface area contributed by atoms with Crippen LogP contribution in [0.15, 0.2) is 36.4 Å². The number of nitrogens with zero attached hydrogens (tertiary/aromatic N) is 1. The van der Waals surface area contributed by atoms with E-state index >= 15 is 0 Å². The third-order valence-electron chi connectivity index (χ3n) is 14.3. The number of carbonyl (C=O) groups is 1. The van der Waals surface area contributed by atoms with Crippen molar-refractivity contribution in [2.24, 2.45) is 28.6 Å². The van der Waals surface area contributed by atoms with E-state index in [9.17, 15) is 15.0 Å². The molecule has 4 aliphatic carbocycles. The molecule has 1 aromatic heterocycles. The molecule has 0 radical (unpaired) electrons. The van der Waals surface area contributed by atoms with Gasteiger partial charge in [-0.15, -0.1) is 0 Å². The molecule has 1 aromatic carbocycles. The van der Waals surface area contributed by atoms with Crippen LogP contribution in [0.3, 0.4) is 0 Å². The lowest BCUT2D eigenvalue weighted by atomic mass is 9.40. The van der Waals surface area contributed by atoms with E-state index in [0.29, 0.717) is 17.4 Å². The maximum atomic E-state index is 14.8. The van der Waals surface area contributed by atoms with Gasteiger partial charge in [-0.3, -0.25) is 4.79 Å². The molecule has 9 atom stereocenters. The fourth-order valence-electron chi connectivity index (χ4n) is 12.5.